The lowest BCUT2D eigenvalue weighted by Gasteiger charge is -2.32. The Hall–Kier alpha value is -1.75. The van der Waals surface area contributed by atoms with Gasteiger partial charge in [-0.15, -0.1) is 0 Å². The van der Waals surface area contributed by atoms with Gasteiger partial charge in [-0.05, 0) is 31.0 Å². The van der Waals surface area contributed by atoms with Gasteiger partial charge in [0, 0.05) is 18.8 Å². The van der Waals surface area contributed by atoms with Gasteiger partial charge in [0.15, 0.2) is 0 Å². The fourth-order valence-electron chi connectivity index (χ4n) is 2.80. The molecule has 0 spiro atoms. The molecule has 0 radical (unpaired) electrons. The van der Waals surface area contributed by atoms with Gasteiger partial charge in [0.05, 0.1) is 24.9 Å². The van der Waals surface area contributed by atoms with Crippen molar-refractivity contribution in [3.63, 3.8) is 0 Å². The SMILES string of the molecule is COc1ccc(N)c(C(=O)N2CC3CCC(C2)O3)c1. The Kier molecular flexibility index (Phi) is 3.06. The summed E-state index contributed by atoms with van der Waals surface area (Å²) < 4.78 is 10.9. The van der Waals surface area contributed by atoms with E-state index in [1.807, 2.05) is 4.90 Å². The number of nitrogen functional groups attached to an aromatic ring is 1. The van der Waals surface area contributed by atoms with Crippen LogP contribution in [0.4, 0.5) is 5.69 Å². The Morgan fingerprint density at radius 2 is 2.05 bits per heavy atom. The number of nitrogens with zero attached hydrogens (tertiary/aromatic N) is 1. The standard InChI is InChI=1S/C14H18N2O3/c1-18-9-4-5-13(15)12(6-9)14(17)16-7-10-2-3-11(8-16)19-10/h4-6,10-11H,2-3,7-8,15H2,1H3. The first-order chi connectivity index (χ1) is 9.17. The molecule has 2 aliphatic heterocycles. The number of methoxy groups -OCH3 is 1. The van der Waals surface area contributed by atoms with Gasteiger partial charge in [-0.25, -0.2) is 0 Å². The van der Waals surface area contributed by atoms with Crippen molar-refractivity contribution in [2.45, 2.75) is 25.0 Å². The van der Waals surface area contributed by atoms with Crippen LogP contribution < -0.4 is 10.5 Å². The summed E-state index contributed by atoms with van der Waals surface area (Å²) in [5.74, 6) is 0.616. The Morgan fingerprint density at radius 3 is 2.68 bits per heavy atom. The van der Waals surface area contributed by atoms with Crippen molar-refractivity contribution >= 4 is 11.6 Å². The number of morpholine rings is 1. The number of fused-ring (bicyclic) bond motifs is 2. The van der Waals surface area contributed by atoms with E-state index in [4.69, 9.17) is 15.2 Å². The fraction of sp³-hybridized carbons (Fsp3) is 0.500. The molecule has 2 aliphatic rings. The van der Waals surface area contributed by atoms with Crippen LogP contribution in [-0.4, -0.2) is 43.2 Å². The fourth-order valence-corrected chi connectivity index (χ4v) is 2.80. The lowest BCUT2D eigenvalue weighted by atomic mass is 10.1. The van der Waals surface area contributed by atoms with Gasteiger partial charge in [-0.1, -0.05) is 0 Å². The lowest BCUT2D eigenvalue weighted by Crippen LogP contribution is -2.46. The van der Waals surface area contributed by atoms with Crippen molar-refractivity contribution in [2.75, 3.05) is 25.9 Å². The van der Waals surface area contributed by atoms with Crippen molar-refractivity contribution in [1.82, 2.24) is 4.90 Å². The second-order valence-electron chi connectivity index (χ2n) is 5.12. The van der Waals surface area contributed by atoms with Crippen molar-refractivity contribution in [3.8, 4) is 5.75 Å². The minimum Gasteiger partial charge on any atom is -0.497 e. The normalized spacial score (nSPS) is 25.4. The maximum Gasteiger partial charge on any atom is 0.256 e. The summed E-state index contributed by atoms with van der Waals surface area (Å²) in [6.07, 6.45) is 2.47. The Morgan fingerprint density at radius 1 is 1.37 bits per heavy atom. The molecule has 1 amide bonds. The molecule has 5 nitrogen and oxygen atoms in total. The maximum absolute atomic E-state index is 12.5. The van der Waals surface area contributed by atoms with Gasteiger partial charge in [-0.3, -0.25) is 4.79 Å². The van der Waals surface area contributed by atoms with Crippen LogP contribution in [0.5, 0.6) is 5.75 Å². The molecule has 0 aliphatic carbocycles. The zero-order valence-electron chi connectivity index (χ0n) is 11.0. The molecule has 2 atom stereocenters. The number of likely N-dealkylation sites (tertiary alicyclic amines) is 1. The van der Waals surface area contributed by atoms with Crippen molar-refractivity contribution < 1.29 is 14.3 Å². The molecule has 102 valence electrons. The Labute approximate surface area is 112 Å². The number of amides is 1. The summed E-state index contributed by atoms with van der Waals surface area (Å²) in [7, 11) is 1.58. The maximum atomic E-state index is 12.5. The van der Waals surface area contributed by atoms with Crippen LogP contribution in [0.3, 0.4) is 0 Å². The highest BCUT2D eigenvalue weighted by Crippen LogP contribution is 2.28. The first-order valence-corrected chi connectivity index (χ1v) is 6.55. The summed E-state index contributed by atoms with van der Waals surface area (Å²) in [5, 5.41) is 0. The summed E-state index contributed by atoms with van der Waals surface area (Å²) in [5.41, 5.74) is 6.91. The molecule has 2 unspecified atom stereocenters. The van der Waals surface area contributed by atoms with Crippen LogP contribution in [0.25, 0.3) is 0 Å². The summed E-state index contributed by atoms with van der Waals surface area (Å²) in [4.78, 5) is 14.4. The topological polar surface area (TPSA) is 64.8 Å². The Bertz CT molecular complexity index is 491. The summed E-state index contributed by atoms with van der Waals surface area (Å²) in [6, 6.07) is 5.17. The highest BCUT2D eigenvalue weighted by molar-refractivity contribution is 5.99. The van der Waals surface area contributed by atoms with Gasteiger partial charge in [0.25, 0.3) is 5.91 Å². The predicted octanol–water partition coefficient (Wildman–Crippen LogP) is 1.28. The molecule has 0 saturated carbocycles. The minimum atomic E-state index is -0.0309. The molecule has 1 aromatic rings. The largest absolute Gasteiger partial charge is 0.497 e. The van der Waals surface area contributed by atoms with E-state index >= 15 is 0 Å². The number of benzene rings is 1. The third-order valence-corrected chi connectivity index (χ3v) is 3.82. The smallest absolute Gasteiger partial charge is 0.256 e. The van der Waals surface area contributed by atoms with E-state index in [2.05, 4.69) is 0 Å². The second kappa shape index (κ2) is 4.74. The van der Waals surface area contributed by atoms with Crippen LogP contribution in [-0.2, 0) is 4.74 Å². The summed E-state index contributed by atoms with van der Waals surface area (Å²) >= 11 is 0. The number of anilines is 1. The van der Waals surface area contributed by atoms with E-state index in [0.29, 0.717) is 30.1 Å². The number of hydrogen-bond acceptors (Lipinski definition) is 4. The molecule has 5 heteroatoms. The first-order valence-electron chi connectivity index (χ1n) is 6.55. The van der Waals surface area contributed by atoms with E-state index < -0.39 is 0 Å². The molecule has 2 saturated heterocycles. The number of hydrogen-bond donors (Lipinski definition) is 1. The number of ether oxygens (including phenoxy) is 2. The number of carbonyl (C=O) groups is 1. The van der Waals surface area contributed by atoms with E-state index in [9.17, 15) is 4.79 Å². The van der Waals surface area contributed by atoms with E-state index in [0.717, 1.165) is 12.8 Å². The van der Waals surface area contributed by atoms with E-state index in [-0.39, 0.29) is 18.1 Å². The molecule has 19 heavy (non-hydrogen) atoms. The molecule has 3 rings (SSSR count). The quantitative estimate of drug-likeness (QED) is 0.815. The van der Waals surface area contributed by atoms with Crippen LogP contribution in [0.15, 0.2) is 18.2 Å². The minimum absolute atomic E-state index is 0.0309. The molecular weight excluding hydrogens is 244 g/mol. The third-order valence-electron chi connectivity index (χ3n) is 3.82. The second-order valence-corrected chi connectivity index (χ2v) is 5.12. The zero-order valence-corrected chi connectivity index (χ0v) is 11.0. The highest BCUT2D eigenvalue weighted by atomic mass is 16.5. The average molecular weight is 262 g/mol. The van der Waals surface area contributed by atoms with Crippen molar-refractivity contribution in [3.05, 3.63) is 23.8 Å². The van der Waals surface area contributed by atoms with Gasteiger partial charge in [0.1, 0.15) is 5.75 Å². The van der Waals surface area contributed by atoms with Crippen molar-refractivity contribution in [2.24, 2.45) is 0 Å². The zero-order chi connectivity index (χ0) is 13.4. The average Bonchev–Trinajstić information content (AvgIpc) is 2.77. The van der Waals surface area contributed by atoms with Gasteiger partial charge in [0.2, 0.25) is 0 Å². The van der Waals surface area contributed by atoms with Gasteiger partial charge >= 0.3 is 0 Å². The monoisotopic (exact) mass is 262 g/mol. The van der Waals surface area contributed by atoms with Gasteiger partial charge in [-0.2, -0.15) is 0 Å². The predicted molar refractivity (Wildman–Crippen MR) is 71.2 cm³/mol. The van der Waals surface area contributed by atoms with Crippen LogP contribution in [0.1, 0.15) is 23.2 Å². The highest BCUT2D eigenvalue weighted by Gasteiger charge is 2.36. The van der Waals surface area contributed by atoms with Crippen LogP contribution >= 0.6 is 0 Å². The molecule has 1 aromatic carbocycles. The number of carbonyl (C=O) groups excluding carboxylic acids is 1. The molecule has 2 N–H and O–H groups in total. The first kappa shape index (κ1) is 12.3. The number of rotatable bonds is 2. The van der Waals surface area contributed by atoms with E-state index in [1.54, 1.807) is 25.3 Å². The third kappa shape index (κ3) is 2.26. The molecule has 2 bridgehead atoms. The van der Waals surface area contributed by atoms with E-state index in [1.165, 1.54) is 0 Å². The molecular formula is C14H18N2O3. The summed E-state index contributed by atoms with van der Waals surface area (Å²) in [6.45, 7) is 1.32. The van der Waals surface area contributed by atoms with Gasteiger partial charge < -0.3 is 20.1 Å². The molecule has 0 aromatic heterocycles. The van der Waals surface area contributed by atoms with Crippen molar-refractivity contribution in [1.29, 1.82) is 0 Å². The lowest BCUT2D eigenvalue weighted by molar-refractivity contribution is -0.0303. The molecule has 2 heterocycles. The molecule has 2 fully saturated rings. The van der Waals surface area contributed by atoms with Crippen LogP contribution in [0, 0.1) is 0 Å². The number of nitrogens with two attached hydrogens (primary N) is 1. The van der Waals surface area contributed by atoms with Crippen LogP contribution in [0.2, 0.25) is 0 Å². The Balaban J connectivity index is 1.83.